The second-order valence-electron chi connectivity index (χ2n) is 4.67. The number of hydrogen-bond acceptors (Lipinski definition) is 2. The molecular formula is C13H20O2. The third kappa shape index (κ3) is 2.63. The molecule has 0 radical (unpaired) electrons. The van der Waals surface area contributed by atoms with E-state index in [1.165, 1.54) is 25.7 Å². The molecule has 2 fully saturated rings. The summed E-state index contributed by atoms with van der Waals surface area (Å²) in [6, 6.07) is 0. The Balaban J connectivity index is 1.68. The summed E-state index contributed by atoms with van der Waals surface area (Å²) in [5.74, 6) is 2.47. The fraction of sp³-hybridized carbons (Fsp3) is 0.692. The van der Waals surface area contributed by atoms with Crippen molar-refractivity contribution in [2.75, 3.05) is 13.2 Å². The van der Waals surface area contributed by atoms with Crippen molar-refractivity contribution in [2.45, 2.75) is 31.8 Å². The maximum atomic E-state index is 5.84. The molecule has 3 unspecified atom stereocenters. The summed E-state index contributed by atoms with van der Waals surface area (Å²) in [4.78, 5) is 0. The molecule has 2 nitrogen and oxygen atoms in total. The fourth-order valence-electron chi connectivity index (χ4n) is 2.83. The molecule has 15 heavy (non-hydrogen) atoms. The molecule has 0 amide bonds. The van der Waals surface area contributed by atoms with Gasteiger partial charge in [0.05, 0.1) is 6.61 Å². The molecule has 0 N–H and O–H groups in total. The molecule has 2 heteroatoms. The standard InChI is InChI=1S/C13H20O2/c1-3-6-14-9-10(2)15-13-8-11-4-5-12(13)7-11/h3,11-13H,1-2,4-9H2. The zero-order chi connectivity index (χ0) is 10.7. The van der Waals surface area contributed by atoms with Crippen LogP contribution >= 0.6 is 0 Å². The summed E-state index contributed by atoms with van der Waals surface area (Å²) in [6.45, 7) is 8.56. The second-order valence-corrected chi connectivity index (χ2v) is 4.67. The van der Waals surface area contributed by atoms with Gasteiger partial charge in [-0.25, -0.2) is 0 Å². The van der Waals surface area contributed by atoms with Crippen molar-refractivity contribution < 1.29 is 9.47 Å². The van der Waals surface area contributed by atoms with Gasteiger partial charge in [0.25, 0.3) is 0 Å². The van der Waals surface area contributed by atoms with Crippen LogP contribution in [0.15, 0.2) is 25.0 Å². The van der Waals surface area contributed by atoms with Crippen LogP contribution in [-0.2, 0) is 9.47 Å². The zero-order valence-corrected chi connectivity index (χ0v) is 9.28. The maximum absolute atomic E-state index is 5.84. The zero-order valence-electron chi connectivity index (χ0n) is 9.28. The molecule has 84 valence electrons. The number of ether oxygens (including phenoxy) is 2. The van der Waals surface area contributed by atoms with Crippen molar-refractivity contribution in [1.82, 2.24) is 0 Å². The Kier molecular flexibility index (Phi) is 3.47. The van der Waals surface area contributed by atoms with Crippen LogP contribution in [0.5, 0.6) is 0 Å². The Morgan fingerprint density at radius 2 is 2.20 bits per heavy atom. The topological polar surface area (TPSA) is 18.5 Å². The van der Waals surface area contributed by atoms with Crippen LogP contribution in [0.4, 0.5) is 0 Å². The van der Waals surface area contributed by atoms with Crippen molar-refractivity contribution in [3.8, 4) is 0 Å². The van der Waals surface area contributed by atoms with Crippen LogP contribution in [0.1, 0.15) is 25.7 Å². The van der Waals surface area contributed by atoms with Gasteiger partial charge in [-0.3, -0.25) is 0 Å². The van der Waals surface area contributed by atoms with Gasteiger partial charge in [0.1, 0.15) is 18.5 Å². The highest BCUT2D eigenvalue weighted by molar-refractivity contribution is 4.95. The molecule has 2 bridgehead atoms. The van der Waals surface area contributed by atoms with Crippen LogP contribution in [-0.4, -0.2) is 19.3 Å². The Bertz CT molecular complexity index is 247. The van der Waals surface area contributed by atoms with Crippen LogP contribution in [0.3, 0.4) is 0 Å². The van der Waals surface area contributed by atoms with Crippen molar-refractivity contribution in [2.24, 2.45) is 11.8 Å². The van der Waals surface area contributed by atoms with Gasteiger partial charge < -0.3 is 9.47 Å². The number of rotatable bonds is 6. The molecule has 0 saturated heterocycles. The molecule has 0 aliphatic heterocycles. The molecule has 0 spiro atoms. The molecule has 0 aromatic rings. The molecule has 2 aliphatic carbocycles. The largest absolute Gasteiger partial charge is 0.493 e. The van der Waals surface area contributed by atoms with E-state index in [-0.39, 0.29) is 0 Å². The summed E-state index contributed by atoms with van der Waals surface area (Å²) >= 11 is 0. The van der Waals surface area contributed by atoms with Crippen LogP contribution < -0.4 is 0 Å². The van der Waals surface area contributed by atoms with Crippen LogP contribution in [0, 0.1) is 11.8 Å². The first kappa shape index (κ1) is 10.7. The number of hydrogen-bond donors (Lipinski definition) is 0. The third-order valence-corrected chi connectivity index (χ3v) is 3.49. The van der Waals surface area contributed by atoms with Gasteiger partial charge in [0, 0.05) is 0 Å². The highest BCUT2D eigenvalue weighted by Gasteiger charge is 2.40. The van der Waals surface area contributed by atoms with Gasteiger partial charge in [-0.15, -0.1) is 6.58 Å². The lowest BCUT2D eigenvalue weighted by Gasteiger charge is -2.24. The Labute approximate surface area is 92.0 Å². The van der Waals surface area contributed by atoms with E-state index in [1.807, 2.05) is 0 Å². The van der Waals surface area contributed by atoms with Crippen molar-refractivity contribution >= 4 is 0 Å². The SMILES string of the molecule is C=CCOCC(=C)OC1CC2CCC1C2. The van der Waals surface area contributed by atoms with Gasteiger partial charge in [-0.2, -0.15) is 0 Å². The quantitative estimate of drug-likeness (QED) is 0.379. The molecule has 0 heterocycles. The smallest absolute Gasteiger partial charge is 0.115 e. The van der Waals surface area contributed by atoms with E-state index >= 15 is 0 Å². The Hall–Kier alpha value is -0.760. The van der Waals surface area contributed by atoms with Gasteiger partial charge in [0.2, 0.25) is 0 Å². The minimum Gasteiger partial charge on any atom is -0.493 e. The van der Waals surface area contributed by atoms with Gasteiger partial charge >= 0.3 is 0 Å². The van der Waals surface area contributed by atoms with Gasteiger partial charge in [0.15, 0.2) is 0 Å². The van der Waals surface area contributed by atoms with Crippen molar-refractivity contribution in [3.63, 3.8) is 0 Å². The van der Waals surface area contributed by atoms with E-state index in [0.29, 0.717) is 19.3 Å². The first-order chi connectivity index (χ1) is 7.29. The first-order valence-corrected chi connectivity index (χ1v) is 5.82. The lowest BCUT2D eigenvalue weighted by molar-refractivity contribution is 0.0373. The average molecular weight is 208 g/mol. The van der Waals surface area contributed by atoms with Gasteiger partial charge in [-0.1, -0.05) is 12.7 Å². The van der Waals surface area contributed by atoms with Crippen molar-refractivity contribution in [3.05, 3.63) is 25.0 Å². The van der Waals surface area contributed by atoms with Gasteiger partial charge in [-0.05, 0) is 37.5 Å². The molecule has 0 aromatic carbocycles. The monoisotopic (exact) mass is 208 g/mol. The molecule has 2 rings (SSSR count). The summed E-state index contributed by atoms with van der Waals surface area (Å²) in [6.07, 6.45) is 7.50. The first-order valence-electron chi connectivity index (χ1n) is 5.82. The molecule has 2 aliphatic rings. The lowest BCUT2D eigenvalue weighted by atomic mass is 9.98. The summed E-state index contributed by atoms with van der Waals surface area (Å²) in [5.41, 5.74) is 0. The summed E-state index contributed by atoms with van der Waals surface area (Å²) in [5, 5.41) is 0. The predicted octanol–water partition coefficient (Wildman–Crippen LogP) is 2.91. The minimum atomic E-state index is 0.420. The number of fused-ring (bicyclic) bond motifs is 2. The van der Waals surface area contributed by atoms with E-state index in [9.17, 15) is 0 Å². The maximum Gasteiger partial charge on any atom is 0.115 e. The van der Waals surface area contributed by atoms with Crippen LogP contribution in [0.25, 0.3) is 0 Å². The normalized spacial score (nSPS) is 32.9. The third-order valence-electron chi connectivity index (χ3n) is 3.49. The predicted molar refractivity (Wildman–Crippen MR) is 60.5 cm³/mol. The van der Waals surface area contributed by atoms with E-state index in [2.05, 4.69) is 13.2 Å². The van der Waals surface area contributed by atoms with E-state index < -0.39 is 0 Å². The minimum absolute atomic E-state index is 0.420. The highest BCUT2D eigenvalue weighted by Crippen LogP contribution is 2.46. The Morgan fingerprint density at radius 1 is 1.33 bits per heavy atom. The van der Waals surface area contributed by atoms with Crippen molar-refractivity contribution in [1.29, 1.82) is 0 Å². The second kappa shape index (κ2) is 4.84. The lowest BCUT2D eigenvalue weighted by Crippen LogP contribution is -2.21. The summed E-state index contributed by atoms with van der Waals surface area (Å²) < 4.78 is 11.1. The highest BCUT2D eigenvalue weighted by atomic mass is 16.5. The fourth-order valence-corrected chi connectivity index (χ4v) is 2.83. The molecule has 3 atom stereocenters. The Morgan fingerprint density at radius 3 is 2.80 bits per heavy atom. The van der Waals surface area contributed by atoms with E-state index in [4.69, 9.17) is 9.47 Å². The van der Waals surface area contributed by atoms with E-state index in [0.717, 1.165) is 17.6 Å². The molecular weight excluding hydrogens is 188 g/mol. The summed E-state index contributed by atoms with van der Waals surface area (Å²) in [7, 11) is 0. The van der Waals surface area contributed by atoms with Crippen LogP contribution in [0.2, 0.25) is 0 Å². The average Bonchev–Trinajstić information content (AvgIpc) is 2.79. The molecule has 2 saturated carbocycles. The van der Waals surface area contributed by atoms with E-state index in [1.54, 1.807) is 6.08 Å². The molecule has 0 aromatic heterocycles.